The summed E-state index contributed by atoms with van der Waals surface area (Å²) in [6.07, 6.45) is 0. The third kappa shape index (κ3) is 4.92. The van der Waals surface area contributed by atoms with Crippen molar-refractivity contribution in [1.29, 1.82) is 0 Å². The summed E-state index contributed by atoms with van der Waals surface area (Å²) in [5.74, 6) is 1.18. The Kier molecular flexibility index (Phi) is 6.29. The van der Waals surface area contributed by atoms with E-state index in [-0.39, 0.29) is 11.0 Å². The van der Waals surface area contributed by atoms with Gasteiger partial charge in [-0.2, -0.15) is 0 Å². The fraction of sp³-hybridized carbons (Fsp3) is 0.0870. The van der Waals surface area contributed by atoms with E-state index in [1.165, 1.54) is 0 Å². The van der Waals surface area contributed by atoms with Crippen LogP contribution < -0.4 is 15.4 Å². The number of carbonyl (C=O) groups is 1. The summed E-state index contributed by atoms with van der Waals surface area (Å²) in [6.45, 7) is 2.45. The summed E-state index contributed by atoms with van der Waals surface area (Å²) in [6, 6.07) is 20.7. The van der Waals surface area contributed by atoms with Crippen LogP contribution in [0.25, 0.3) is 22.4 Å². The number of fused-ring (bicyclic) bond motifs is 1. The summed E-state index contributed by atoms with van der Waals surface area (Å²) in [4.78, 5) is 20.4. The van der Waals surface area contributed by atoms with Crippen molar-refractivity contribution in [2.24, 2.45) is 0 Å². The van der Waals surface area contributed by atoms with Crippen LogP contribution in [0.2, 0.25) is 0 Å². The molecular formula is C23H19BrN4O2S. The van der Waals surface area contributed by atoms with Crippen molar-refractivity contribution in [3.63, 3.8) is 0 Å². The van der Waals surface area contributed by atoms with E-state index in [9.17, 15) is 4.79 Å². The minimum Gasteiger partial charge on any atom is -0.493 e. The lowest BCUT2D eigenvalue weighted by atomic mass is 10.2. The van der Waals surface area contributed by atoms with E-state index in [4.69, 9.17) is 17.0 Å². The van der Waals surface area contributed by atoms with E-state index in [0.29, 0.717) is 22.4 Å². The molecule has 0 aliphatic rings. The predicted molar refractivity (Wildman–Crippen MR) is 131 cm³/mol. The van der Waals surface area contributed by atoms with Crippen molar-refractivity contribution < 1.29 is 9.53 Å². The molecule has 1 heterocycles. The van der Waals surface area contributed by atoms with Crippen LogP contribution in [0.5, 0.6) is 5.75 Å². The molecule has 0 unspecified atom stereocenters. The number of aromatic nitrogens is 2. The molecule has 4 aromatic rings. The van der Waals surface area contributed by atoms with Gasteiger partial charge in [0, 0.05) is 16.8 Å². The Morgan fingerprint density at radius 2 is 1.90 bits per heavy atom. The Hall–Kier alpha value is -3.23. The molecular weight excluding hydrogens is 476 g/mol. The van der Waals surface area contributed by atoms with Gasteiger partial charge in [0.25, 0.3) is 5.91 Å². The van der Waals surface area contributed by atoms with E-state index in [1.54, 1.807) is 18.2 Å². The third-order valence-corrected chi connectivity index (χ3v) is 5.35. The van der Waals surface area contributed by atoms with Gasteiger partial charge in [0.1, 0.15) is 11.6 Å². The second-order valence-corrected chi connectivity index (χ2v) is 7.93. The van der Waals surface area contributed by atoms with E-state index < -0.39 is 0 Å². The zero-order chi connectivity index (χ0) is 21.8. The number of amides is 1. The number of rotatable bonds is 5. The molecule has 0 bridgehead atoms. The van der Waals surface area contributed by atoms with Crippen LogP contribution in [0.15, 0.2) is 71.2 Å². The quantitative estimate of drug-likeness (QED) is 0.318. The van der Waals surface area contributed by atoms with Crippen LogP contribution in [0.1, 0.15) is 17.3 Å². The maximum atomic E-state index is 12.5. The first kappa shape index (κ1) is 21.0. The van der Waals surface area contributed by atoms with Crippen molar-refractivity contribution in [2.45, 2.75) is 6.92 Å². The third-order valence-electron chi connectivity index (χ3n) is 4.53. The molecule has 1 amide bonds. The number of aromatic amines is 1. The maximum absolute atomic E-state index is 12.5. The number of ether oxygens (including phenoxy) is 1. The molecule has 3 N–H and O–H groups in total. The summed E-state index contributed by atoms with van der Waals surface area (Å²) >= 11 is 8.70. The van der Waals surface area contributed by atoms with E-state index in [1.807, 2.05) is 55.5 Å². The molecule has 0 saturated heterocycles. The number of H-pyrrole nitrogens is 1. The maximum Gasteiger partial charge on any atom is 0.257 e. The van der Waals surface area contributed by atoms with Crippen molar-refractivity contribution >= 4 is 55.9 Å². The smallest absolute Gasteiger partial charge is 0.257 e. The molecule has 0 saturated carbocycles. The predicted octanol–water partition coefficient (Wildman–Crippen LogP) is 5.52. The van der Waals surface area contributed by atoms with Crippen LogP contribution in [0, 0.1) is 0 Å². The number of anilines is 1. The molecule has 0 radical (unpaired) electrons. The molecule has 0 aliphatic carbocycles. The van der Waals surface area contributed by atoms with Gasteiger partial charge in [-0.25, -0.2) is 4.98 Å². The number of nitrogens with zero attached hydrogens (tertiary/aromatic N) is 1. The van der Waals surface area contributed by atoms with Gasteiger partial charge in [-0.1, -0.05) is 12.1 Å². The molecule has 0 spiro atoms. The van der Waals surface area contributed by atoms with Crippen molar-refractivity contribution in [3.05, 3.63) is 76.8 Å². The molecule has 8 heteroatoms. The number of nitrogens with one attached hydrogen (secondary N) is 3. The fourth-order valence-corrected chi connectivity index (χ4v) is 3.76. The second-order valence-electron chi connectivity index (χ2n) is 6.67. The molecule has 1 aromatic heterocycles. The van der Waals surface area contributed by atoms with Gasteiger partial charge in [-0.15, -0.1) is 0 Å². The van der Waals surface area contributed by atoms with Gasteiger partial charge >= 0.3 is 0 Å². The highest BCUT2D eigenvalue weighted by molar-refractivity contribution is 9.10. The Bertz CT molecular complexity index is 1220. The van der Waals surface area contributed by atoms with Gasteiger partial charge in [0.15, 0.2) is 5.11 Å². The SMILES string of the molecule is CCOc1ccc(C(=O)NC(=S)Nc2ccc(-c3nc4ccccc4[nH]3)cc2)cc1Br. The molecule has 0 aliphatic heterocycles. The summed E-state index contributed by atoms with van der Waals surface area (Å²) < 4.78 is 6.18. The van der Waals surface area contributed by atoms with Crippen molar-refractivity contribution in [3.8, 4) is 17.1 Å². The largest absolute Gasteiger partial charge is 0.493 e. The lowest BCUT2D eigenvalue weighted by Gasteiger charge is -2.11. The standard InChI is InChI=1S/C23H19BrN4O2S/c1-2-30-20-12-9-15(13-17(20)24)22(29)28-23(31)25-16-10-7-14(8-11-16)21-26-18-5-3-4-6-19(18)27-21/h3-13H,2H2,1H3,(H,26,27)(H2,25,28,29,31). The van der Waals surface area contributed by atoms with Crippen molar-refractivity contribution in [1.82, 2.24) is 15.3 Å². The monoisotopic (exact) mass is 494 g/mol. The first-order valence-electron chi connectivity index (χ1n) is 9.63. The summed E-state index contributed by atoms with van der Waals surface area (Å²) in [7, 11) is 0. The average Bonchev–Trinajstić information content (AvgIpc) is 3.20. The van der Waals surface area contributed by atoms with Crippen LogP contribution >= 0.6 is 28.1 Å². The van der Waals surface area contributed by atoms with Crippen LogP contribution in [0.4, 0.5) is 5.69 Å². The van der Waals surface area contributed by atoms with E-state index in [0.717, 1.165) is 28.1 Å². The van der Waals surface area contributed by atoms with E-state index >= 15 is 0 Å². The summed E-state index contributed by atoms with van der Waals surface area (Å²) in [5, 5.41) is 5.93. The van der Waals surface area contributed by atoms with Gasteiger partial charge in [0.05, 0.1) is 22.1 Å². The highest BCUT2D eigenvalue weighted by Crippen LogP contribution is 2.26. The van der Waals surface area contributed by atoms with Gasteiger partial charge in [-0.3, -0.25) is 10.1 Å². The number of hydrogen-bond donors (Lipinski definition) is 3. The molecule has 0 fully saturated rings. The van der Waals surface area contributed by atoms with Gasteiger partial charge < -0.3 is 15.0 Å². The molecule has 156 valence electrons. The number of thiocarbonyl (C=S) groups is 1. The van der Waals surface area contributed by atoms with Crippen LogP contribution in [-0.2, 0) is 0 Å². The van der Waals surface area contributed by atoms with E-state index in [2.05, 4.69) is 36.5 Å². The van der Waals surface area contributed by atoms with Crippen LogP contribution in [-0.4, -0.2) is 27.6 Å². The fourth-order valence-electron chi connectivity index (χ4n) is 3.05. The highest BCUT2D eigenvalue weighted by Gasteiger charge is 2.11. The number of para-hydroxylation sites is 2. The molecule has 4 rings (SSSR count). The average molecular weight is 495 g/mol. The normalized spacial score (nSPS) is 10.6. The minimum atomic E-state index is -0.305. The molecule has 6 nitrogen and oxygen atoms in total. The lowest BCUT2D eigenvalue weighted by Crippen LogP contribution is -2.34. The Morgan fingerprint density at radius 3 is 2.61 bits per heavy atom. The topological polar surface area (TPSA) is 79.0 Å². The van der Waals surface area contributed by atoms with Gasteiger partial charge in [0.2, 0.25) is 0 Å². The Morgan fingerprint density at radius 1 is 1.13 bits per heavy atom. The van der Waals surface area contributed by atoms with Crippen LogP contribution in [0.3, 0.4) is 0 Å². The zero-order valence-corrected chi connectivity index (χ0v) is 19.0. The Balaban J connectivity index is 1.39. The first-order chi connectivity index (χ1) is 15.0. The number of halogens is 1. The molecule has 31 heavy (non-hydrogen) atoms. The zero-order valence-electron chi connectivity index (χ0n) is 16.6. The number of hydrogen-bond acceptors (Lipinski definition) is 4. The number of carbonyl (C=O) groups excluding carboxylic acids is 1. The minimum absolute atomic E-state index is 0.214. The first-order valence-corrected chi connectivity index (χ1v) is 10.8. The number of imidazole rings is 1. The van der Waals surface area contributed by atoms with Crippen molar-refractivity contribution in [2.75, 3.05) is 11.9 Å². The summed E-state index contributed by atoms with van der Waals surface area (Å²) in [5.41, 5.74) is 4.10. The number of benzene rings is 3. The highest BCUT2D eigenvalue weighted by atomic mass is 79.9. The Labute approximate surface area is 193 Å². The lowest BCUT2D eigenvalue weighted by molar-refractivity contribution is 0.0977. The van der Waals surface area contributed by atoms with Gasteiger partial charge in [-0.05, 0) is 89.7 Å². The molecule has 0 atom stereocenters. The second kappa shape index (κ2) is 9.28. The molecule has 3 aromatic carbocycles.